The Morgan fingerprint density at radius 3 is 3.00 bits per heavy atom. The van der Waals surface area contributed by atoms with E-state index in [1.54, 1.807) is 0 Å². The van der Waals surface area contributed by atoms with E-state index in [0.29, 0.717) is 10.9 Å². The lowest BCUT2D eigenvalue weighted by Crippen LogP contribution is -2.09. The fourth-order valence-corrected chi connectivity index (χ4v) is 1.71. The molecule has 0 saturated carbocycles. The standard InChI is InChI=1S/C10H9Cl2NO/c11-6-9-5-10(13-14-9)7-2-1-3-8(12)4-7/h1-4,9H,5-6H2. The molecule has 74 valence electrons. The van der Waals surface area contributed by atoms with E-state index < -0.39 is 0 Å². The first-order valence-corrected chi connectivity index (χ1v) is 5.25. The van der Waals surface area contributed by atoms with Gasteiger partial charge in [0.25, 0.3) is 0 Å². The Labute approximate surface area is 92.5 Å². The van der Waals surface area contributed by atoms with Crippen LogP contribution >= 0.6 is 23.2 Å². The van der Waals surface area contributed by atoms with Gasteiger partial charge in [-0.3, -0.25) is 0 Å². The lowest BCUT2D eigenvalue weighted by Gasteiger charge is -2.01. The van der Waals surface area contributed by atoms with Gasteiger partial charge in [0, 0.05) is 17.0 Å². The first-order valence-electron chi connectivity index (χ1n) is 4.34. The van der Waals surface area contributed by atoms with Crippen LogP contribution in [0, 0.1) is 0 Å². The molecule has 0 N–H and O–H groups in total. The van der Waals surface area contributed by atoms with Crippen molar-refractivity contribution in [3.8, 4) is 0 Å². The smallest absolute Gasteiger partial charge is 0.146 e. The van der Waals surface area contributed by atoms with Crippen LogP contribution in [0.15, 0.2) is 29.4 Å². The number of halogens is 2. The van der Waals surface area contributed by atoms with Gasteiger partial charge in [0.05, 0.1) is 11.6 Å². The summed E-state index contributed by atoms with van der Waals surface area (Å²) in [6.45, 7) is 0. The van der Waals surface area contributed by atoms with Crippen LogP contribution in [0.5, 0.6) is 0 Å². The minimum atomic E-state index is 0.00523. The molecular weight excluding hydrogens is 221 g/mol. The van der Waals surface area contributed by atoms with E-state index in [-0.39, 0.29) is 6.10 Å². The average molecular weight is 230 g/mol. The highest BCUT2D eigenvalue weighted by atomic mass is 35.5. The third-order valence-electron chi connectivity index (χ3n) is 2.06. The number of rotatable bonds is 2. The van der Waals surface area contributed by atoms with Crippen molar-refractivity contribution in [3.05, 3.63) is 34.9 Å². The molecule has 0 saturated heterocycles. The van der Waals surface area contributed by atoms with E-state index >= 15 is 0 Å². The highest BCUT2D eigenvalue weighted by Gasteiger charge is 2.20. The molecule has 0 radical (unpaired) electrons. The molecule has 1 unspecified atom stereocenters. The maximum Gasteiger partial charge on any atom is 0.146 e. The molecule has 1 aromatic rings. The molecule has 2 rings (SSSR count). The van der Waals surface area contributed by atoms with Crippen molar-refractivity contribution >= 4 is 28.9 Å². The summed E-state index contributed by atoms with van der Waals surface area (Å²) in [7, 11) is 0. The summed E-state index contributed by atoms with van der Waals surface area (Å²) >= 11 is 11.5. The molecule has 0 aromatic heterocycles. The SMILES string of the molecule is ClCC1CC(c2cccc(Cl)c2)=NO1. The van der Waals surface area contributed by atoms with Gasteiger partial charge in [0.15, 0.2) is 0 Å². The quantitative estimate of drug-likeness (QED) is 0.715. The summed E-state index contributed by atoms with van der Waals surface area (Å²) in [5.41, 5.74) is 1.92. The second-order valence-electron chi connectivity index (χ2n) is 3.13. The maximum atomic E-state index is 5.87. The Kier molecular flexibility index (Phi) is 2.94. The fourth-order valence-electron chi connectivity index (χ4n) is 1.35. The third-order valence-corrected chi connectivity index (χ3v) is 2.64. The first-order chi connectivity index (χ1) is 6.79. The number of benzene rings is 1. The molecule has 0 bridgehead atoms. The van der Waals surface area contributed by atoms with Gasteiger partial charge in [-0.25, -0.2) is 0 Å². The lowest BCUT2D eigenvalue weighted by atomic mass is 10.1. The minimum absolute atomic E-state index is 0.00523. The molecule has 1 aromatic carbocycles. The van der Waals surface area contributed by atoms with E-state index in [9.17, 15) is 0 Å². The predicted molar refractivity (Wildman–Crippen MR) is 58.2 cm³/mol. The minimum Gasteiger partial charge on any atom is -0.391 e. The number of hydrogen-bond acceptors (Lipinski definition) is 2. The second kappa shape index (κ2) is 4.20. The summed E-state index contributed by atoms with van der Waals surface area (Å²) in [4.78, 5) is 5.12. The van der Waals surface area contributed by atoms with Crippen molar-refractivity contribution in [2.75, 3.05) is 5.88 Å². The van der Waals surface area contributed by atoms with Gasteiger partial charge in [-0.1, -0.05) is 28.9 Å². The Balaban J connectivity index is 2.17. The van der Waals surface area contributed by atoms with Crippen LogP contribution in [0.25, 0.3) is 0 Å². The van der Waals surface area contributed by atoms with E-state index in [0.717, 1.165) is 17.7 Å². The number of nitrogens with zero attached hydrogens (tertiary/aromatic N) is 1. The van der Waals surface area contributed by atoms with Gasteiger partial charge in [0.1, 0.15) is 6.10 Å². The molecule has 4 heteroatoms. The summed E-state index contributed by atoms with van der Waals surface area (Å²) in [5, 5.41) is 4.68. The van der Waals surface area contributed by atoms with E-state index in [2.05, 4.69) is 5.16 Å². The van der Waals surface area contributed by atoms with Gasteiger partial charge in [-0.15, -0.1) is 11.6 Å². The predicted octanol–water partition coefficient (Wildman–Crippen LogP) is 3.07. The van der Waals surface area contributed by atoms with Crippen LogP contribution in [0.4, 0.5) is 0 Å². The van der Waals surface area contributed by atoms with Crippen LogP contribution < -0.4 is 0 Å². The zero-order valence-corrected chi connectivity index (χ0v) is 8.92. The zero-order valence-electron chi connectivity index (χ0n) is 7.41. The van der Waals surface area contributed by atoms with Crippen LogP contribution in [0.2, 0.25) is 5.02 Å². The van der Waals surface area contributed by atoms with Gasteiger partial charge in [0.2, 0.25) is 0 Å². The average Bonchev–Trinajstić information content (AvgIpc) is 2.66. The second-order valence-corrected chi connectivity index (χ2v) is 3.88. The summed E-state index contributed by atoms with van der Waals surface area (Å²) in [5.74, 6) is 0.466. The normalized spacial score (nSPS) is 20.4. The van der Waals surface area contributed by atoms with E-state index in [1.807, 2.05) is 24.3 Å². The molecule has 0 amide bonds. The number of hydrogen-bond donors (Lipinski definition) is 0. The molecule has 1 aliphatic heterocycles. The van der Waals surface area contributed by atoms with Crippen LogP contribution in [-0.4, -0.2) is 17.7 Å². The van der Waals surface area contributed by atoms with Crippen LogP contribution in [0.3, 0.4) is 0 Å². The van der Waals surface area contributed by atoms with Crippen molar-refractivity contribution < 1.29 is 4.84 Å². The fraction of sp³-hybridized carbons (Fsp3) is 0.300. The van der Waals surface area contributed by atoms with Gasteiger partial charge < -0.3 is 4.84 Å². The number of alkyl halides is 1. The first kappa shape index (κ1) is 9.81. The van der Waals surface area contributed by atoms with Crippen LogP contribution in [-0.2, 0) is 4.84 Å². The molecule has 0 fully saturated rings. The molecule has 1 heterocycles. The maximum absolute atomic E-state index is 5.87. The van der Waals surface area contributed by atoms with Crippen LogP contribution in [0.1, 0.15) is 12.0 Å². The topological polar surface area (TPSA) is 21.6 Å². The van der Waals surface area contributed by atoms with Crippen molar-refractivity contribution in [1.29, 1.82) is 0 Å². The van der Waals surface area contributed by atoms with Crippen molar-refractivity contribution in [1.82, 2.24) is 0 Å². The third kappa shape index (κ3) is 2.02. The Morgan fingerprint density at radius 2 is 2.36 bits per heavy atom. The summed E-state index contributed by atoms with van der Waals surface area (Å²) in [6.07, 6.45) is 0.759. The molecule has 1 aliphatic rings. The molecule has 14 heavy (non-hydrogen) atoms. The van der Waals surface area contributed by atoms with Crippen molar-refractivity contribution in [2.45, 2.75) is 12.5 Å². The van der Waals surface area contributed by atoms with Gasteiger partial charge in [-0.05, 0) is 12.1 Å². The lowest BCUT2D eigenvalue weighted by molar-refractivity contribution is 0.102. The monoisotopic (exact) mass is 229 g/mol. The van der Waals surface area contributed by atoms with Crippen molar-refractivity contribution in [2.24, 2.45) is 5.16 Å². The number of oxime groups is 1. The molecule has 0 spiro atoms. The Bertz CT molecular complexity index is 365. The Hall–Kier alpha value is -0.730. The molecule has 0 aliphatic carbocycles. The Morgan fingerprint density at radius 1 is 1.50 bits per heavy atom. The van der Waals surface area contributed by atoms with E-state index in [4.69, 9.17) is 28.0 Å². The largest absolute Gasteiger partial charge is 0.391 e. The molecular formula is C10H9Cl2NO. The van der Waals surface area contributed by atoms with E-state index in [1.165, 1.54) is 0 Å². The van der Waals surface area contributed by atoms with Gasteiger partial charge in [-0.2, -0.15) is 0 Å². The summed E-state index contributed by atoms with van der Waals surface area (Å²) < 4.78 is 0. The molecule has 1 atom stereocenters. The molecule has 2 nitrogen and oxygen atoms in total. The van der Waals surface area contributed by atoms with Crippen molar-refractivity contribution in [3.63, 3.8) is 0 Å². The highest BCUT2D eigenvalue weighted by molar-refractivity contribution is 6.31. The zero-order chi connectivity index (χ0) is 9.97. The van der Waals surface area contributed by atoms with Gasteiger partial charge >= 0.3 is 0 Å². The highest BCUT2D eigenvalue weighted by Crippen LogP contribution is 2.19. The summed E-state index contributed by atoms with van der Waals surface area (Å²) in [6, 6.07) is 7.57.